The predicted molar refractivity (Wildman–Crippen MR) is 17.9 cm³/mol. The normalized spacial score (nSPS) is 3.57. The van der Waals surface area contributed by atoms with Gasteiger partial charge < -0.3 is 20.9 Å². The molecule has 40 valence electrons. The molecule has 0 aliphatic heterocycles. The Balaban J connectivity index is -0.0000000150. The van der Waals surface area contributed by atoms with E-state index in [1.54, 1.807) is 0 Å². The maximum atomic E-state index is 8.89. The van der Waals surface area contributed by atoms with Crippen molar-refractivity contribution in [2.45, 2.75) is 6.92 Å². The zero-order valence-corrected chi connectivity index (χ0v) is 8.06. The van der Waals surface area contributed by atoms with Crippen molar-refractivity contribution in [1.29, 1.82) is 0 Å². The Morgan fingerprint density at radius 3 is 1.43 bits per heavy atom. The second-order valence-corrected chi connectivity index (χ2v) is 0.492. The first-order valence-corrected chi connectivity index (χ1v) is 0.908. The van der Waals surface area contributed by atoms with Gasteiger partial charge in [-0.1, -0.05) is 0 Å². The zero-order chi connectivity index (χ0) is 3.58. The first kappa shape index (κ1) is 26.6. The van der Waals surface area contributed by atoms with Gasteiger partial charge in [0.2, 0.25) is 0 Å². The molecule has 0 atom stereocenters. The number of carboxylic acids is 1. The second kappa shape index (κ2) is 16.2. The molecule has 4 N–H and O–H groups in total. The van der Waals surface area contributed by atoms with Crippen LogP contribution in [-0.4, -0.2) is 16.9 Å². The number of rotatable bonds is 0. The van der Waals surface area contributed by atoms with Crippen LogP contribution < -0.4 is 5.11 Å². The molecule has 0 radical (unpaired) electrons. The summed E-state index contributed by atoms with van der Waals surface area (Å²) >= 11 is 0. The van der Waals surface area contributed by atoms with E-state index in [4.69, 9.17) is 9.90 Å². The number of carbonyl (C=O) groups excluding carboxylic acids is 1. The fourth-order valence-electron chi connectivity index (χ4n) is 0. The van der Waals surface area contributed by atoms with Crippen LogP contribution in [0.5, 0.6) is 0 Å². The third-order valence-corrected chi connectivity index (χ3v) is 0. The minimum atomic E-state index is -1.08. The molecule has 0 unspecified atom stereocenters. The van der Waals surface area contributed by atoms with Gasteiger partial charge in [0.15, 0.2) is 0 Å². The van der Waals surface area contributed by atoms with Gasteiger partial charge in [-0.2, -0.15) is 0 Å². The van der Waals surface area contributed by atoms with Crippen molar-refractivity contribution in [3.63, 3.8) is 0 Å². The number of aliphatic carboxylic acids is 1. The van der Waals surface area contributed by atoms with Crippen molar-refractivity contribution in [2.75, 3.05) is 0 Å². The van der Waals surface area contributed by atoms with Crippen molar-refractivity contribution in [3.8, 4) is 0 Å². The molecule has 5 heteroatoms. The molecule has 0 fully saturated rings. The van der Waals surface area contributed by atoms with Crippen molar-refractivity contribution in [3.05, 3.63) is 0 Å². The maximum absolute atomic E-state index is 8.89. The summed E-state index contributed by atoms with van der Waals surface area (Å²) in [7, 11) is 0. The molecule has 0 aromatic heterocycles. The molecule has 0 aliphatic rings. The van der Waals surface area contributed by atoms with E-state index in [0.717, 1.165) is 6.92 Å². The van der Waals surface area contributed by atoms with Gasteiger partial charge in [0.1, 0.15) is 0 Å². The van der Waals surface area contributed by atoms with E-state index in [1.807, 2.05) is 0 Å². The molecule has 0 saturated carbocycles. The summed E-state index contributed by atoms with van der Waals surface area (Å²) < 4.78 is 0. The van der Waals surface area contributed by atoms with Gasteiger partial charge in [-0.15, -0.1) is 0 Å². The van der Waals surface area contributed by atoms with Crippen molar-refractivity contribution in [1.82, 2.24) is 0 Å². The van der Waals surface area contributed by atoms with Gasteiger partial charge in [0.25, 0.3) is 0 Å². The van der Waals surface area contributed by atoms with Crippen LogP contribution in [0.15, 0.2) is 0 Å². The molecule has 4 nitrogen and oxygen atoms in total. The van der Waals surface area contributed by atoms with Crippen LogP contribution in [0, 0.1) is 0 Å². The fourth-order valence-corrected chi connectivity index (χ4v) is 0. The van der Waals surface area contributed by atoms with Crippen LogP contribution in [0.4, 0.5) is 0 Å². The topological polar surface area (TPSA) is 103 Å². The SMILES string of the molecule is CC(=O)[O-].O.O.[Cd+2]. The maximum Gasteiger partial charge on any atom is 2.00 e. The summed E-state index contributed by atoms with van der Waals surface area (Å²) in [6.07, 6.45) is 0. The Morgan fingerprint density at radius 2 is 1.43 bits per heavy atom. The Labute approximate surface area is 61.3 Å². The molecule has 0 heterocycles. The summed E-state index contributed by atoms with van der Waals surface area (Å²) in [6.45, 7) is 0.972. The molecular formula is C2H7CdO4+. The van der Waals surface area contributed by atoms with Crippen molar-refractivity contribution >= 4 is 5.97 Å². The smallest absolute Gasteiger partial charge is 0.550 e. The van der Waals surface area contributed by atoms with E-state index >= 15 is 0 Å². The second-order valence-electron chi connectivity index (χ2n) is 0.492. The van der Waals surface area contributed by atoms with E-state index in [2.05, 4.69) is 0 Å². The molecule has 0 rings (SSSR count). The molecule has 0 aromatic carbocycles. The van der Waals surface area contributed by atoms with Crippen LogP contribution in [0.25, 0.3) is 0 Å². The number of hydrogen-bond acceptors (Lipinski definition) is 2. The van der Waals surface area contributed by atoms with Gasteiger partial charge in [-0.3, -0.25) is 0 Å². The van der Waals surface area contributed by atoms with E-state index in [9.17, 15) is 0 Å². The summed E-state index contributed by atoms with van der Waals surface area (Å²) in [4.78, 5) is 8.89. The Morgan fingerprint density at radius 1 is 1.43 bits per heavy atom. The molecule has 0 aromatic rings. The summed E-state index contributed by atoms with van der Waals surface area (Å²) in [5, 5.41) is 8.89. The Bertz CT molecular complexity index is 32.7. The van der Waals surface area contributed by atoms with E-state index in [-0.39, 0.29) is 38.3 Å². The molecule has 0 amide bonds. The van der Waals surface area contributed by atoms with Gasteiger partial charge in [0.05, 0.1) is 0 Å². The number of carbonyl (C=O) groups is 1. The summed E-state index contributed by atoms with van der Waals surface area (Å²) in [5.41, 5.74) is 0. The molecule has 0 saturated heterocycles. The van der Waals surface area contributed by atoms with Gasteiger partial charge >= 0.3 is 27.3 Å². The van der Waals surface area contributed by atoms with E-state index in [0.29, 0.717) is 0 Å². The average Bonchev–Trinajstić information content (AvgIpc) is 0.811. The molecule has 0 bridgehead atoms. The van der Waals surface area contributed by atoms with Crippen molar-refractivity contribution < 1.29 is 48.2 Å². The van der Waals surface area contributed by atoms with Crippen LogP contribution in [0.2, 0.25) is 0 Å². The van der Waals surface area contributed by atoms with Gasteiger partial charge in [-0.05, 0) is 6.92 Å². The number of hydrogen-bond donors (Lipinski definition) is 0. The fraction of sp³-hybridized carbons (Fsp3) is 0.500. The zero-order valence-electron chi connectivity index (χ0n) is 4.02. The van der Waals surface area contributed by atoms with Gasteiger partial charge in [-0.25, -0.2) is 0 Å². The molecular weight excluding hydrogens is 200 g/mol. The predicted octanol–water partition coefficient (Wildman–Crippen LogP) is -2.90. The Hall–Kier alpha value is 0.312. The third kappa shape index (κ3) is 1210. The Kier molecular flexibility index (Phi) is 61.6. The van der Waals surface area contributed by atoms with Crippen LogP contribution in [-0.2, 0) is 32.1 Å². The van der Waals surface area contributed by atoms with Gasteiger partial charge in [0, 0.05) is 5.97 Å². The standard InChI is InChI=1S/C2H4O2.Cd.2H2O/c1-2(3)4;;;/h1H3,(H,3,4);;2*1H2/q;+2;;/p-1. The largest absolute Gasteiger partial charge is 2.00 e. The first-order valence-electron chi connectivity index (χ1n) is 0.908. The first-order chi connectivity index (χ1) is 1.73. The third-order valence-electron chi connectivity index (χ3n) is 0. The summed E-state index contributed by atoms with van der Waals surface area (Å²) in [6, 6.07) is 0. The number of carboxylic acid groups (broad SMARTS) is 1. The molecule has 7 heavy (non-hydrogen) atoms. The van der Waals surface area contributed by atoms with Crippen LogP contribution >= 0.6 is 0 Å². The monoisotopic (exact) mass is 209 g/mol. The minimum absolute atomic E-state index is 0. The molecule has 0 aliphatic carbocycles. The summed E-state index contributed by atoms with van der Waals surface area (Å²) in [5.74, 6) is -1.08. The average molecular weight is 207 g/mol. The van der Waals surface area contributed by atoms with Crippen LogP contribution in [0.1, 0.15) is 6.92 Å². The van der Waals surface area contributed by atoms with Crippen LogP contribution in [0.3, 0.4) is 0 Å². The quantitative estimate of drug-likeness (QED) is 0.398. The minimum Gasteiger partial charge on any atom is -0.550 e. The molecule has 0 spiro atoms. The van der Waals surface area contributed by atoms with E-state index in [1.165, 1.54) is 0 Å². The van der Waals surface area contributed by atoms with Crippen molar-refractivity contribution in [2.24, 2.45) is 0 Å². The van der Waals surface area contributed by atoms with E-state index < -0.39 is 5.97 Å².